The van der Waals surface area contributed by atoms with E-state index in [0.717, 1.165) is 23.2 Å². The van der Waals surface area contributed by atoms with Crippen molar-refractivity contribution in [1.29, 1.82) is 0 Å². The second kappa shape index (κ2) is 8.89. The van der Waals surface area contributed by atoms with Crippen molar-refractivity contribution in [3.05, 3.63) is 70.8 Å². The number of amides is 2. The first-order chi connectivity index (χ1) is 11.6. The van der Waals surface area contributed by atoms with E-state index < -0.39 is 0 Å². The number of para-hydroxylation sites is 1. The van der Waals surface area contributed by atoms with Crippen LogP contribution in [0, 0.1) is 0 Å². The molecule has 0 atom stereocenters. The molecule has 24 heavy (non-hydrogen) atoms. The number of carbonyl (C=O) groups is 2. The molecule has 0 heterocycles. The minimum atomic E-state index is -0.339. The first-order valence-electron chi connectivity index (χ1n) is 7.67. The smallest absolute Gasteiger partial charge is 0.244 e. The second-order valence-electron chi connectivity index (χ2n) is 5.17. The van der Waals surface area contributed by atoms with E-state index in [0.29, 0.717) is 5.02 Å². The van der Waals surface area contributed by atoms with E-state index in [1.807, 2.05) is 37.3 Å². The molecule has 0 aliphatic carbocycles. The summed E-state index contributed by atoms with van der Waals surface area (Å²) in [6.07, 6.45) is 3.84. The topological polar surface area (TPSA) is 58.2 Å². The fraction of sp³-hybridized carbons (Fsp3) is 0.158. The van der Waals surface area contributed by atoms with Crippen LogP contribution in [0.5, 0.6) is 0 Å². The number of hydrogen-bond acceptors (Lipinski definition) is 2. The largest absolute Gasteiger partial charge is 0.343 e. The summed E-state index contributed by atoms with van der Waals surface area (Å²) in [7, 11) is 0. The van der Waals surface area contributed by atoms with Gasteiger partial charge in [0.25, 0.3) is 0 Å². The molecule has 0 bridgehead atoms. The van der Waals surface area contributed by atoms with Crippen LogP contribution in [0.1, 0.15) is 18.1 Å². The summed E-state index contributed by atoms with van der Waals surface area (Å²) in [5.74, 6) is -0.602. The Balaban J connectivity index is 1.84. The summed E-state index contributed by atoms with van der Waals surface area (Å²) in [5, 5.41) is 5.96. The second-order valence-corrected chi connectivity index (χ2v) is 5.60. The predicted octanol–water partition coefficient (Wildman–Crippen LogP) is 3.67. The van der Waals surface area contributed by atoms with Crippen LogP contribution < -0.4 is 10.6 Å². The van der Waals surface area contributed by atoms with Crippen molar-refractivity contribution in [3.63, 3.8) is 0 Å². The highest BCUT2D eigenvalue weighted by molar-refractivity contribution is 6.30. The molecule has 4 nitrogen and oxygen atoms in total. The summed E-state index contributed by atoms with van der Waals surface area (Å²) >= 11 is 5.88. The fourth-order valence-electron chi connectivity index (χ4n) is 2.15. The van der Waals surface area contributed by atoms with Crippen molar-refractivity contribution in [2.45, 2.75) is 13.3 Å². The van der Waals surface area contributed by atoms with Gasteiger partial charge >= 0.3 is 0 Å². The van der Waals surface area contributed by atoms with Crippen LogP contribution in [0.4, 0.5) is 5.69 Å². The van der Waals surface area contributed by atoms with Crippen LogP contribution in [0.3, 0.4) is 0 Å². The maximum absolute atomic E-state index is 11.9. The number of rotatable bonds is 6. The Morgan fingerprint density at radius 1 is 1.12 bits per heavy atom. The lowest BCUT2D eigenvalue weighted by Crippen LogP contribution is -2.31. The zero-order valence-electron chi connectivity index (χ0n) is 13.4. The molecule has 2 rings (SSSR count). The van der Waals surface area contributed by atoms with Crippen LogP contribution in [-0.4, -0.2) is 18.4 Å². The molecule has 2 amide bonds. The van der Waals surface area contributed by atoms with Crippen LogP contribution in [-0.2, 0) is 16.0 Å². The van der Waals surface area contributed by atoms with Crippen molar-refractivity contribution >= 4 is 35.2 Å². The Hall–Kier alpha value is -2.59. The van der Waals surface area contributed by atoms with Crippen molar-refractivity contribution in [2.75, 3.05) is 11.9 Å². The van der Waals surface area contributed by atoms with Crippen LogP contribution in [0.2, 0.25) is 5.02 Å². The third kappa shape index (κ3) is 5.56. The highest BCUT2D eigenvalue weighted by Crippen LogP contribution is 2.15. The molecule has 2 N–H and O–H groups in total. The summed E-state index contributed by atoms with van der Waals surface area (Å²) in [4.78, 5) is 23.7. The molecule has 0 spiro atoms. The van der Waals surface area contributed by atoms with Gasteiger partial charge in [0.2, 0.25) is 11.8 Å². The summed E-state index contributed by atoms with van der Waals surface area (Å²) in [5.41, 5.74) is 2.64. The zero-order chi connectivity index (χ0) is 17.4. The molecule has 2 aromatic carbocycles. The van der Waals surface area contributed by atoms with Crippen molar-refractivity contribution in [3.8, 4) is 0 Å². The first-order valence-corrected chi connectivity index (χ1v) is 8.05. The normalized spacial score (nSPS) is 10.6. The van der Waals surface area contributed by atoms with Crippen LogP contribution in [0.15, 0.2) is 54.6 Å². The number of aryl methyl sites for hydroxylation is 1. The van der Waals surface area contributed by atoms with Gasteiger partial charge in [-0.1, -0.05) is 48.9 Å². The summed E-state index contributed by atoms with van der Waals surface area (Å²) < 4.78 is 0. The zero-order valence-corrected chi connectivity index (χ0v) is 14.1. The van der Waals surface area contributed by atoms with Crippen LogP contribution >= 0.6 is 11.6 Å². The molecule has 0 aromatic heterocycles. The van der Waals surface area contributed by atoms with Gasteiger partial charge in [-0.05, 0) is 41.8 Å². The molecular weight excluding hydrogens is 324 g/mol. The standard InChI is InChI=1S/C19H19ClN2O2/c1-2-15-7-3-4-9-17(15)22-19(24)13-21-18(23)11-10-14-6-5-8-16(20)12-14/h3-12H,2,13H2,1H3,(H,21,23)(H,22,24)/b11-10+. The SMILES string of the molecule is CCc1ccccc1NC(=O)CNC(=O)/C=C/c1cccc(Cl)c1. The first kappa shape index (κ1) is 17.8. The van der Waals surface area contributed by atoms with Crippen molar-refractivity contribution in [1.82, 2.24) is 5.32 Å². The van der Waals surface area contributed by atoms with Gasteiger partial charge in [0.1, 0.15) is 0 Å². The van der Waals surface area contributed by atoms with Gasteiger partial charge in [0.15, 0.2) is 0 Å². The number of benzene rings is 2. The Labute approximate surface area is 146 Å². The molecule has 0 aliphatic heterocycles. The van der Waals surface area contributed by atoms with Gasteiger partial charge in [-0.15, -0.1) is 0 Å². The summed E-state index contributed by atoms with van der Waals surface area (Å²) in [6, 6.07) is 14.7. The lowest BCUT2D eigenvalue weighted by atomic mass is 10.1. The number of carbonyl (C=O) groups excluding carboxylic acids is 2. The maximum Gasteiger partial charge on any atom is 0.244 e. The molecule has 0 saturated heterocycles. The number of halogens is 1. The number of anilines is 1. The molecule has 124 valence electrons. The van der Waals surface area contributed by atoms with Crippen molar-refractivity contribution < 1.29 is 9.59 Å². The van der Waals surface area contributed by atoms with Gasteiger partial charge in [-0.3, -0.25) is 9.59 Å². The van der Waals surface area contributed by atoms with Crippen LogP contribution in [0.25, 0.3) is 6.08 Å². The molecule has 0 radical (unpaired) electrons. The molecule has 0 saturated carbocycles. The molecule has 5 heteroatoms. The predicted molar refractivity (Wildman–Crippen MR) is 97.9 cm³/mol. The van der Waals surface area contributed by atoms with E-state index >= 15 is 0 Å². The Kier molecular flexibility index (Phi) is 6.58. The van der Waals surface area contributed by atoms with Gasteiger partial charge < -0.3 is 10.6 Å². The average molecular weight is 343 g/mol. The third-order valence-electron chi connectivity index (χ3n) is 3.37. The third-order valence-corrected chi connectivity index (χ3v) is 3.61. The highest BCUT2D eigenvalue weighted by atomic mass is 35.5. The van der Waals surface area contributed by atoms with E-state index in [-0.39, 0.29) is 18.4 Å². The minimum Gasteiger partial charge on any atom is -0.343 e. The monoisotopic (exact) mass is 342 g/mol. The maximum atomic E-state index is 11.9. The number of nitrogens with one attached hydrogen (secondary N) is 2. The van der Waals surface area contributed by atoms with Gasteiger partial charge in [-0.2, -0.15) is 0 Å². The molecule has 0 unspecified atom stereocenters. The molecular formula is C19H19ClN2O2. The Morgan fingerprint density at radius 2 is 1.92 bits per heavy atom. The summed E-state index contributed by atoms with van der Waals surface area (Å²) in [6.45, 7) is 1.93. The van der Waals surface area contributed by atoms with Gasteiger partial charge in [0.05, 0.1) is 6.54 Å². The molecule has 2 aromatic rings. The lowest BCUT2D eigenvalue weighted by Gasteiger charge is -2.09. The van der Waals surface area contributed by atoms with Crippen molar-refractivity contribution in [2.24, 2.45) is 0 Å². The lowest BCUT2D eigenvalue weighted by molar-refractivity contribution is -0.121. The van der Waals surface area contributed by atoms with E-state index in [2.05, 4.69) is 10.6 Å². The van der Waals surface area contributed by atoms with E-state index in [9.17, 15) is 9.59 Å². The molecule has 0 fully saturated rings. The average Bonchev–Trinajstić information content (AvgIpc) is 2.58. The quantitative estimate of drug-likeness (QED) is 0.787. The van der Waals surface area contributed by atoms with Gasteiger partial charge in [-0.25, -0.2) is 0 Å². The minimum absolute atomic E-state index is 0.0865. The van der Waals surface area contributed by atoms with E-state index in [1.165, 1.54) is 6.08 Å². The van der Waals surface area contributed by atoms with E-state index in [4.69, 9.17) is 11.6 Å². The van der Waals surface area contributed by atoms with E-state index in [1.54, 1.807) is 24.3 Å². The van der Waals surface area contributed by atoms with Gasteiger partial charge in [0, 0.05) is 16.8 Å². The fourth-order valence-corrected chi connectivity index (χ4v) is 2.35. The Morgan fingerprint density at radius 3 is 2.67 bits per heavy atom. The highest BCUT2D eigenvalue weighted by Gasteiger charge is 2.06. The number of hydrogen-bond donors (Lipinski definition) is 2. The molecule has 0 aliphatic rings. The Bertz CT molecular complexity index is 757.